The maximum Gasteiger partial charge on any atom is 0.243 e. The van der Waals surface area contributed by atoms with Gasteiger partial charge < -0.3 is 15.5 Å². The van der Waals surface area contributed by atoms with E-state index < -0.39 is 11.5 Å². The highest BCUT2D eigenvalue weighted by Crippen LogP contribution is 2.51. The fourth-order valence-electron chi connectivity index (χ4n) is 5.40. The monoisotopic (exact) mass is 563 g/mol. The fourth-order valence-corrected chi connectivity index (χ4v) is 6.25. The molecule has 2 N–H and O–H groups in total. The minimum absolute atomic E-state index is 0.118. The summed E-state index contributed by atoms with van der Waals surface area (Å²) < 4.78 is 0.975. The molecule has 8 heteroatoms. The number of piperidine rings is 3. The minimum atomic E-state index is -0.699. The van der Waals surface area contributed by atoms with Crippen molar-refractivity contribution in [3.63, 3.8) is 0 Å². The minimum Gasteiger partial charge on any atom is -0.350 e. The summed E-state index contributed by atoms with van der Waals surface area (Å²) in [6, 6.07) is 12.6. The van der Waals surface area contributed by atoms with E-state index in [1.807, 2.05) is 30.3 Å². The van der Waals surface area contributed by atoms with Crippen molar-refractivity contribution in [2.45, 2.75) is 49.6 Å². The van der Waals surface area contributed by atoms with Crippen LogP contribution in [0.15, 0.2) is 46.9 Å². The van der Waals surface area contributed by atoms with E-state index in [9.17, 15) is 9.59 Å². The van der Waals surface area contributed by atoms with Crippen molar-refractivity contribution in [2.24, 2.45) is 5.92 Å². The van der Waals surface area contributed by atoms with E-state index in [0.29, 0.717) is 35.2 Å². The number of benzene rings is 2. The van der Waals surface area contributed by atoms with Gasteiger partial charge in [-0.3, -0.25) is 9.59 Å². The second-order valence-electron chi connectivity index (χ2n) is 9.82. The van der Waals surface area contributed by atoms with Crippen LogP contribution in [0.4, 0.5) is 0 Å². The maximum atomic E-state index is 13.5. The standard InChI is InChI=1S/C26H28BrCl2N3O2/c27-18-3-1-16(2-4-18)13-22(24(33)30-23-15-32-11-7-17(23)8-12-32)31-25(34)26(9-10-26)20-6-5-19(28)14-21(20)29/h1-6,14,17,22-23H,7-13,15H2,(H,30,33)(H,31,34)/t22-,23?/m1/s1. The number of halogens is 3. The number of nitrogens with zero attached hydrogens (tertiary/aromatic N) is 1. The molecule has 5 nitrogen and oxygen atoms in total. The highest BCUT2D eigenvalue weighted by Gasteiger charge is 2.53. The van der Waals surface area contributed by atoms with E-state index in [2.05, 4.69) is 31.5 Å². The van der Waals surface area contributed by atoms with Crippen LogP contribution in [0, 0.1) is 5.92 Å². The molecule has 2 bridgehead atoms. The topological polar surface area (TPSA) is 61.4 Å². The number of carbonyl (C=O) groups is 2. The molecule has 2 amide bonds. The van der Waals surface area contributed by atoms with Crippen molar-refractivity contribution in [1.82, 2.24) is 15.5 Å². The summed E-state index contributed by atoms with van der Waals surface area (Å²) >= 11 is 16.0. The third kappa shape index (κ3) is 5.01. The summed E-state index contributed by atoms with van der Waals surface area (Å²) in [6.07, 6.45) is 4.06. The average Bonchev–Trinajstić information content (AvgIpc) is 3.62. The fraction of sp³-hybridized carbons (Fsp3) is 0.462. The normalized spacial score (nSPS) is 25.4. The van der Waals surface area contributed by atoms with Gasteiger partial charge in [-0.05, 0) is 80.1 Å². The van der Waals surface area contributed by atoms with Crippen molar-refractivity contribution in [3.05, 3.63) is 68.1 Å². The summed E-state index contributed by atoms with van der Waals surface area (Å²) in [4.78, 5) is 29.4. The van der Waals surface area contributed by atoms with E-state index >= 15 is 0 Å². The largest absolute Gasteiger partial charge is 0.350 e. The lowest BCUT2D eigenvalue weighted by Crippen LogP contribution is -2.60. The summed E-state index contributed by atoms with van der Waals surface area (Å²) in [5.41, 5.74) is 1.07. The predicted molar refractivity (Wildman–Crippen MR) is 138 cm³/mol. The van der Waals surface area contributed by atoms with Crippen LogP contribution < -0.4 is 10.6 Å². The molecule has 1 aliphatic carbocycles. The zero-order chi connectivity index (χ0) is 23.9. The molecule has 0 spiro atoms. The van der Waals surface area contributed by atoms with Crippen molar-refractivity contribution in [2.75, 3.05) is 19.6 Å². The van der Waals surface area contributed by atoms with Crippen LogP contribution in [-0.4, -0.2) is 48.4 Å². The maximum absolute atomic E-state index is 13.5. The average molecular weight is 565 g/mol. The number of rotatable bonds is 7. The molecule has 180 valence electrons. The lowest BCUT2D eigenvalue weighted by molar-refractivity contribution is -0.131. The summed E-state index contributed by atoms with van der Waals surface area (Å²) in [7, 11) is 0. The molecule has 6 rings (SSSR count). The van der Waals surface area contributed by atoms with Gasteiger partial charge in [0.15, 0.2) is 0 Å². The quantitative estimate of drug-likeness (QED) is 0.511. The van der Waals surface area contributed by atoms with Crippen molar-refractivity contribution < 1.29 is 9.59 Å². The molecule has 2 aromatic rings. The van der Waals surface area contributed by atoms with Gasteiger partial charge in [0.2, 0.25) is 11.8 Å². The molecule has 1 saturated carbocycles. The Hall–Kier alpha value is -1.60. The Balaban J connectivity index is 1.35. The van der Waals surface area contributed by atoms with E-state index in [-0.39, 0.29) is 17.9 Å². The second kappa shape index (κ2) is 9.81. The Morgan fingerprint density at radius 2 is 1.79 bits per heavy atom. The molecule has 0 radical (unpaired) electrons. The first kappa shape index (κ1) is 24.1. The first-order valence-electron chi connectivity index (χ1n) is 11.9. The highest BCUT2D eigenvalue weighted by atomic mass is 79.9. The van der Waals surface area contributed by atoms with Gasteiger partial charge >= 0.3 is 0 Å². The van der Waals surface area contributed by atoms with Gasteiger partial charge in [-0.15, -0.1) is 0 Å². The van der Waals surface area contributed by atoms with Gasteiger partial charge in [0, 0.05) is 33.5 Å². The van der Waals surface area contributed by atoms with Gasteiger partial charge in [0.1, 0.15) is 6.04 Å². The number of carbonyl (C=O) groups excluding carboxylic acids is 2. The van der Waals surface area contributed by atoms with Crippen LogP contribution in [0.2, 0.25) is 10.0 Å². The zero-order valence-corrected chi connectivity index (χ0v) is 21.9. The van der Waals surface area contributed by atoms with Crippen LogP contribution in [0.3, 0.4) is 0 Å². The number of hydrogen-bond acceptors (Lipinski definition) is 3. The van der Waals surface area contributed by atoms with Crippen LogP contribution >= 0.6 is 39.1 Å². The summed E-state index contributed by atoms with van der Waals surface area (Å²) in [5, 5.41) is 7.38. The Labute approximate surface area is 218 Å². The van der Waals surface area contributed by atoms with Crippen LogP contribution in [0.1, 0.15) is 36.8 Å². The molecule has 1 unspecified atom stereocenters. The Bertz CT molecular complexity index is 1080. The molecule has 3 saturated heterocycles. The van der Waals surface area contributed by atoms with Gasteiger partial charge in [-0.1, -0.05) is 57.3 Å². The van der Waals surface area contributed by atoms with E-state index in [1.54, 1.807) is 12.1 Å². The van der Waals surface area contributed by atoms with Crippen molar-refractivity contribution in [1.29, 1.82) is 0 Å². The molecule has 2 aromatic carbocycles. The first-order valence-corrected chi connectivity index (χ1v) is 13.4. The predicted octanol–water partition coefficient (Wildman–Crippen LogP) is 4.73. The Kier molecular flexibility index (Phi) is 6.95. The molecule has 4 fully saturated rings. The third-order valence-electron chi connectivity index (χ3n) is 7.59. The lowest BCUT2D eigenvalue weighted by Gasteiger charge is -2.45. The number of nitrogens with one attached hydrogen (secondary N) is 2. The first-order chi connectivity index (χ1) is 16.3. The summed E-state index contributed by atoms with van der Waals surface area (Å²) in [5.74, 6) is 0.247. The number of amides is 2. The van der Waals surface area contributed by atoms with Gasteiger partial charge in [0.25, 0.3) is 0 Å². The van der Waals surface area contributed by atoms with Crippen molar-refractivity contribution >= 4 is 50.9 Å². The SMILES string of the molecule is O=C(NC1CN2CCC1CC2)[C@@H](Cc1ccc(Br)cc1)NC(=O)C1(c2ccc(Cl)cc2Cl)CC1. The van der Waals surface area contributed by atoms with Gasteiger partial charge in [0.05, 0.1) is 5.41 Å². The summed E-state index contributed by atoms with van der Waals surface area (Å²) in [6.45, 7) is 3.11. The lowest BCUT2D eigenvalue weighted by atomic mass is 9.84. The third-order valence-corrected chi connectivity index (χ3v) is 8.67. The Morgan fingerprint density at radius 1 is 1.09 bits per heavy atom. The molecule has 2 atom stereocenters. The van der Waals surface area contributed by atoms with Gasteiger partial charge in [-0.25, -0.2) is 0 Å². The van der Waals surface area contributed by atoms with E-state index in [4.69, 9.17) is 23.2 Å². The molecule has 3 aliphatic heterocycles. The molecule has 34 heavy (non-hydrogen) atoms. The van der Waals surface area contributed by atoms with Gasteiger partial charge in [-0.2, -0.15) is 0 Å². The number of fused-ring (bicyclic) bond motifs is 3. The van der Waals surface area contributed by atoms with E-state index in [1.165, 1.54) is 0 Å². The second-order valence-corrected chi connectivity index (χ2v) is 11.6. The molecular formula is C26H28BrCl2N3O2. The number of hydrogen-bond donors (Lipinski definition) is 2. The molecular weight excluding hydrogens is 537 g/mol. The molecule has 4 aliphatic rings. The van der Waals surface area contributed by atoms with Crippen LogP contribution in [0.5, 0.6) is 0 Å². The molecule has 0 aromatic heterocycles. The smallest absolute Gasteiger partial charge is 0.243 e. The van der Waals surface area contributed by atoms with Crippen molar-refractivity contribution in [3.8, 4) is 0 Å². The van der Waals surface area contributed by atoms with Crippen LogP contribution in [-0.2, 0) is 21.4 Å². The molecule has 3 heterocycles. The van der Waals surface area contributed by atoms with Crippen LogP contribution in [0.25, 0.3) is 0 Å². The van der Waals surface area contributed by atoms with E-state index in [0.717, 1.165) is 48.1 Å². The highest BCUT2D eigenvalue weighted by molar-refractivity contribution is 9.10. The zero-order valence-electron chi connectivity index (χ0n) is 18.8. The Morgan fingerprint density at radius 3 is 2.38 bits per heavy atom.